The molecule has 0 aromatic rings. The van der Waals surface area contributed by atoms with E-state index >= 15 is 0 Å². The molecule has 0 spiro atoms. The Morgan fingerprint density at radius 2 is 1.45 bits per heavy atom. The number of nitrogens with zero attached hydrogens (tertiary/aromatic N) is 3. The highest BCUT2D eigenvalue weighted by atomic mass is 16.4. The molecule has 0 unspecified atom stereocenters. The Hall–Kier alpha value is -2.72. The Labute approximate surface area is 197 Å². The van der Waals surface area contributed by atoms with Crippen LogP contribution in [0.2, 0.25) is 0 Å². The van der Waals surface area contributed by atoms with E-state index in [4.69, 9.17) is 20.7 Å². The zero-order valence-electron chi connectivity index (χ0n) is 20.6. The van der Waals surface area contributed by atoms with Crippen molar-refractivity contribution in [2.75, 3.05) is 26.2 Å². The van der Waals surface area contributed by atoms with Crippen LogP contribution in [-0.4, -0.2) is 70.5 Å². The fourth-order valence-corrected chi connectivity index (χ4v) is 2.89. The normalized spacial score (nSPS) is 21.1. The summed E-state index contributed by atoms with van der Waals surface area (Å²) in [7, 11) is 0. The van der Waals surface area contributed by atoms with Crippen molar-refractivity contribution in [3.63, 3.8) is 0 Å². The molecule has 2 rings (SSSR count). The van der Waals surface area contributed by atoms with Crippen LogP contribution in [0.5, 0.6) is 0 Å². The van der Waals surface area contributed by atoms with E-state index in [1.807, 2.05) is 47.6 Å². The molecule has 0 bridgehead atoms. The number of allylic oxidation sites excluding steroid dienone is 2. The lowest BCUT2D eigenvalue weighted by atomic mass is 9.93. The van der Waals surface area contributed by atoms with Gasteiger partial charge in [0, 0.05) is 19.6 Å². The van der Waals surface area contributed by atoms with E-state index in [9.17, 15) is 14.7 Å². The van der Waals surface area contributed by atoms with Crippen LogP contribution in [0.4, 0.5) is 0 Å². The third kappa shape index (κ3) is 14.1. The molecule has 184 valence electrons. The first-order valence-electron chi connectivity index (χ1n) is 10.9. The standard InChI is InChI=1S/C12H18N2O2.C8H11NO2.C4H9NO/c1-12(2,3)6-9(7-13)11(16)14-5-4-10(15)8-14;1-8(2,3)4-6(5-9)7(10)11;6-4-1-2-5-3-4/h6,10,15H,4-5,8H2,1-3H3;4H,1-3H3,(H,10,11);4-6H,1-3H2/b9-6+;6-4+;/t10-;;4-/m0.0/s1. The summed E-state index contributed by atoms with van der Waals surface area (Å²) >= 11 is 0. The molecule has 2 atom stereocenters. The molecule has 33 heavy (non-hydrogen) atoms. The van der Waals surface area contributed by atoms with E-state index in [0.29, 0.717) is 19.5 Å². The van der Waals surface area contributed by atoms with Crippen LogP contribution in [0.15, 0.2) is 23.3 Å². The highest BCUT2D eigenvalue weighted by Crippen LogP contribution is 2.20. The average molecular weight is 463 g/mol. The van der Waals surface area contributed by atoms with E-state index in [-0.39, 0.29) is 34.0 Å². The lowest BCUT2D eigenvalue weighted by Gasteiger charge is -2.17. The Morgan fingerprint density at radius 3 is 1.70 bits per heavy atom. The molecule has 9 heteroatoms. The fraction of sp³-hybridized carbons (Fsp3) is 0.667. The number of aliphatic carboxylic acids is 1. The van der Waals surface area contributed by atoms with Crippen molar-refractivity contribution in [1.29, 1.82) is 10.5 Å². The van der Waals surface area contributed by atoms with Gasteiger partial charge >= 0.3 is 5.97 Å². The van der Waals surface area contributed by atoms with E-state index in [2.05, 4.69) is 5.32 Å². The number of likely N-dealkylation sites (tertiary alicyclic amines) is 1. The SMILES string of the molecule is CC(C)(C)/C=C(\C#N)C(=O)N1CC[C@H](O)C1.CC(C)(C)/C=C(\C#N)C(=O)O.O[C@H]1CCNC1. The lowest BCUT2D eigenvalue weighted by Crippen LogP contribution is -2.31. The first kappa shape index (κ1) is 30.3. The fourth-order valence-electron chi connectivity index (χ4n) is 2.89. The summed E-state index contributed by atoms with van der Waals surface area (Å²) in [5.74, 6) is -1.43. The number of aliphatic hydroxyl groups excluding tert-OH is 2. The van der Waals surface area contributed by atoms with Gasteiger partial charge < -0.3 is 25.5 Å². The molecule has 2 aliphatic heterocycles. The predicted molar refractivity (Wildman–Crippen MR) is 125 cm³/mol. The average Bonchev–Trinajstić information content (AvgIpc) is 3.34. The monoisotopic (exact) mass is 462 g/mol. The quantitative estimate of drug-likeness (QED) is 0.358. The number of nitriles is 2. The highest BCUT2D eigenvalue weighted by Gasteiger charge is 2.27. The van der Waals surface area contributed by atoms with Gasteiger partial charge in [0.1, 0.15) is 23.3 Å². The molecule has 0 saturated carbocycles. The Kier molecular flexibility index (Phi) is 12.6. The highest BCUT2D eigenvalue weighted by molar-refractivity contribution is 5.97. The Morgan fingerprint density at radius 1 is 0.939 bits per heavy atom. The maximum atomic E-state index is 11.9. The summed E-state index contributed by atoms with van der Waals surface area (Å²) in [6.07, 6.45) is 4.14. The van der Waals surface area contributed by atoms with Gasteiger partial charge in [0.05, 0.1) is 12.2 Å². The Balaban J connectivity index is 0.000000518. The second kappa shape index (κ2) is 13.7. The largest absolute Gasteiger partial charge is 0.477 e. The van der Waals surface area contributed by atoms with E-state index in [1.165, 1.54) is 11.0 Å². The van der Waals surface area contributed by atoms with E-state index in [1.54, 1.807) is 12.1 Å². The van der Waals surface area contributed by atoms with Crippen molar-refractivity contribution in [2.45, 2.75) is 66.6 Å². The third-order valence-electron chi connectivity index (χ3n) is 4.34. The van der Waals surface area contributed by atoms with Crippen molar-refractivity contribution in [2.24, 2.45) is 10.8 Å². The first-order chi connectivity index (χ1) is 15.1. The van der Waals surface area contributed by atoms with Gasteiger partial charge in [0.2, 0.25) is 0 Å². The molecule has 2 saturated heterocycles. The van der Waals surface area contributed by atoms with Gasteiger partial charge in [0.25, 0.3) is 5.91 Å². The molecule has 2 aliphatic rings. The number of aliphatic hydroxyl groups is 2. The number of carboxylic acid groups (broad SMARTS) is 1. The molecule has 4 N–H and O–H groups in total. The molecule has 0 radical (unpaired) electrons. The number of nitrogens with one attached hydrogen (secondary N) is 1. The minimum atomic E-state index is -1.16. The van der Waals surface area contributed by atoms with E-state index < -0.39 is 12.1 Å². The van der Waals surface area contributed by atoms with Crippen LogP contribution in [0, 0.1) is 33.5 Å². The molecule has 2 heterocycles. The van der Waals surface area contributed by atoms with Crippen LogP contribution in [0.3, 0.4) is 0 Å². The second-order valence-corrected chi connectivity index (χ2v) is 10.2. The minimum Gasteiger partial charge on any atom is -0.477 e. The summed E-state index contributed by atoms with van der Waals surface area (Å²) in [4.78, 5) is 23.8. The molecular formula is C24H38N4O5. The molecule has 0 aromatic heterocycles. The number of hydrogen-bond donors (Lipinski definition) is 4. The van der Waals surface area contributed by atoms with Crippen LogP contribution in [0.25, 0.3) is 0 Å². The maximum absolute atomic E-state index is 11.9. The summed E-state index contributed by atoms with van der Waals surface area (Å²) in [5.41, 5.74) is -0.484. The minimum absolute atomic E-state index is 0.0648. The second-order valence-electron chi connectivity index (χ2n) is 10.2. The van der Waals surface area contributed by atoms with Crippen molar-refractivity contribution >= 4 is 11.9 Å². The van der Waals surface area contributed by atoms with Gasteiger partial charge in [-0.3, -0.25) is 4.79 Å². The zero-order chi connectivity index (χ0) is 25.8. The molecule has 0 aliphatic carbocycles. The molecule has 0 aromatic carbocycles. The summed E-state index contributed by atoms with van der Waals surface area (Å²) in [5, 5.41) is 46.8. The molecular weight excluding hydrogens is 424 g/mol. The van der Waals surface area contributed by atoms with Crippen LogP contribution in [-0.2, 0) is 9.59 Å². The number of β-amino-alcohol motifs (C(OH)–C–C–N with tert-alkyl or cyclic N) is 2. The zero-order valence-corrected chi connectivity index (χ0v) is 20.6. The van der Waals surface area contributed by atoms with E-state index in [0.717, 1.165) is 19.5 Å². The van der Waals surface area contributed by atoms with Crippen LogP contribution >= 0.6 is 0 Å². The smallest absolute Gasteiger partial charge is 0.346 e. The summed E-state index contributed by atoms with van der Waals surface area (Å²) < 4.78 is 0. The van der Waals surface area contributed by atoms with Gasteiger partial charge in [-0.2, -0.15) is 10.5 Å². The topological polar surface area (TPSA) is 158 Å². The third-order valence-corrected chi connectivity index (χ3v) is 4.34. The number of carboxylic acids is 1. The lowest BCUT2D eigenvalue weighted by molar-refractivity contribution is -0.132. The number of hydrogen-bond acceptors (Lipinski definition) is 7. The van der Waals surface area contributed by atoms with Gasteiger partial charge in [-0.1, -0.05) is 53.7 Å². The predicted octanol–water partition coefficient (Wildman–Crippen LogP) is 1.98. The first-order valence-corrected chi connectivity index (χ1v) is 10.9. The summed E-state index contributed by atoms with van der Waals surface area (Å²) in [6.45, 7) is 14.0. The molecule has 1 amide bonds. The van der Waals surface area contributed by atoms with Crippen molar-refractivity contribution in [1.82, 2.24) is 10.2 Å². The van der Waals surface area contributed by atoms with Crippen molar-refractivity contribution in [3.05, 3.63) is 23.3 Å². The van der Waals surface area contributed by atoms with Gasteiger partial charge in [-0.25, -0.2) is 4.79 Å². The maximum Gasteiger partial charge on any atom is 0.346 e. The van der Waals surface area contributed by atoms with Crippen LogP contribution in [0.1, 0.15) is 54.4 Å². The molecule has 2 fully saturated rings. The number of carbonyl (C=O) groups excluding carboxylic acids is 1. The number of carbonyl (C=O) groups is 2. The number of amides is 1. The number of rotatable bonds is 2. The van der Waals surface area contributed by atoms with Crippen LogP contribution < -0.4 is 5.32 Å². The summed E-state index contributed by atoms with van der Waals surface area (Å²) in [6, 6.07) is 3.56. The van der Waals surface area contributed by atoms with Gasteiger partial charge in [0.15, 0.2) is 0 Å². The van der Waals surface area contributed by atoms with Gasteiger partial charge in [-0.05, 0) is 30.2 Å². The van der Waals surface area contributed by atoms with Crippen molar-refractivity contribution in [3.8, 4) is 12.1 Å². The molecule has 9 nitrogen and oxygen atoms in total. The van der Waals surface area contributed by atoms with Gasteiger partial charge in [-0.15, -0.1) is 0 Å². The van der Waals surface area contributed by atoms with Crippen molar-refractivity contribution < 1.29 is 24.9 Å². The Bertz CT molecular complexity index is 801.